The summed E-state index contributed by atoms with van der Waals surface area (Å²) in [5.74, 6) is 1.80. The average molecular weight is 458 g/mol. The van der Waals surface area contributed by atoms with Gasteiger partial charge in [-0.05, 0) is 44.0 Å². The molecule has 1 aromatic heterocycles. The van der Waals surface area contributed by atoms with E-state index in [1.807, 2.05) is 49.5 Å². The summed E-state index contributed by atoms with van der Waals surface area (Å²) in [7, 11) is -3.17. The van der Waals surface area contributed by atoms with Gasteiger partial charge in [-0.3, -0.25) is 0 Å². The highest BCUT2D eigenvalue weighted by Gasteiger charge is 2.20. The van der Waals surface area contributed by atoms with Gasteiger partial charge in [0.1, 0.15) is 24.0 Å². The first-order chi connectivity index (χ1) is 15.2. The first-order valence-electron chi connectivity index (χ1n) is 10.5. The van der Waals surface area contributed by atoms with Crippen molar-refractivity contribution in [3.8, 4) is 16.9 Å². The Morgan fingerprint density at radius 2 is 1.78 bits per heavy atom. The standard InChI is InChI=1S/C23H23FN2O.CH5NO2S/c1-16-10-11-21(24)20(14-16)19-8-4-5-9-22(19)27-15-18-12-13-25-23(26-18)17-6-2-3-7-17;1-5(2,3)4/h4-5,8-14,17H,2-3,6-7,15H2,1H3;1H3,(H2,2,3,4). The molecule has 4 rings (SSSR count). The topological polar surface area (TPSA) is 95.2 Å². The van der Waals surface area contributed by atoms with Crippen LogP contribution in [-0.4, -0.2) is 24.6 Å². The molecule has 0 saturated heterocycles. The molecule has 8 heteroatoms. The maximum absolute atomic E-state index is 14.3. The molecule has 6 nitrogen and oxygen atoms in total. The van der Waals surface area contributed by atoms with Crippen LogP contribution in [0.4, 0.5) is 4.39 Å². The number of aromatic nitrogens is 2. The molecule has 0 atom stereocenters. The molecule has 0 spiro atoms. The Morgan fingerprint density at radius 3 is 2.50 bits per heavy atom. The van der Waals surface area contributed by atoms with Crippen molar-refractivity contribution in [1.29, 1.82) is 0 Å². The van der Waals surface area contributed by atoms with E-state index in [-0.39, 0.29) is 5.82 Å². The number of ether oxygens (including phenoxy) is 1. The lowest BCUT2D eigenvalue weighted by atomic mass is 10.0. The third-order valence-electron chi connectivity index (χ3n) is 5.13. The van der Waals surface area contributed by atoms with E-state index in [0.29, 0.717) is 23.8 Å². The molecule has 0 unspecified atom stereocenters. The number of para-hydroxylation sites is 1. The Kier molecular flexibility index (Phi) is 7.93. The van der Waals surface area contributed by atoms with E-state index in [0.717, 1.165) is 28.9 Å². The SMILES string of the molecule is CS(N)(=O)=O.Cc1ccc(F)c(-c2ccccc2OCc2ccnc(C3CCCC3)n2)c1. The van der Waals surface area contributed by atoms with Crippen LogP contribution >= 0.6 is 0 Å². The highest BCUT2D eigenvalue weighted by molar-refractivity contribution is 7.88. The lowest BCUT2D eigenvalue weighted by molar-refractivity contribution is 0.301. The fourth-order valence-electron chi connectivity index (χ4n) is 3.69. The number of nitrogens with two attached hydrogens (primary N) is 1. The fourth-order valence-corrected chi connectivity index (χ4v) is 3.69. The second-order valence-corrected chi connectivity index (χ2v) is 9.64. The van der Waals surface area contributed by atoms with Crippen LogP contribution in [0.1, 0.15) is 48.7 Å². The fraction of sp³-hybridized carbons (Fsp3) is 0.333. The molecule has 1 heterocycles. The minimum absolute atomic E-state index is 0.248. The van der Waals surface area contributed by atoms with E-state index in [9.17, 15) is 12.8 Å². The lowest BCUT2D eigenvalue weighted by Crippen LogP contribution is -2.07. The van der Waals surface area contributed by atoms with E-state index in [1.165, 1.54) is 31.7 Å². The van der Waals surface area contributed by atoms with Crippen molar-refractivity contribution in [1.82, 2.24) is 9.97 Å². The lowest BCUT2D eigenvalue weighted by Gasteiger charge is -2.13. The zero-order valence-electron chi connectivity index (χ0n) is 18.3. The van der Waals surface area contributed by atoms with Gasteiger partial charge in [0, 0.05) is 23.2 Å². The number of halogens is 1. The number of nitrogens with zero attached hydrogens (tertiary/aromatic N) is 2. The molecule has 1 saturated carbocycles. The van der Waals surface area contributed by atoms with Crippen LogP contribution < -0.4 is 9.88 Å². The van der Waals surface area contributed by atoms with Gasteiger partial charge in [-0.15, -0.1) is 0 Å². The number of hydrogen-bond donors (Lipinski definition) is 1. The van der Waals surface area contributed by atoms with Crippen LogP contribution in [0.3, 0.4) is 0 Å². The molecule has 1 aliphatic rings. The van der Waals surface area contributed by atoms with E-state index >= 15 is 0 Å². The van der Waals surface area contributed by atoms with Crippen LogP contribution in [0.5, 0.6) is 5.75 Å². The Hall–Kier alpha value is -2.84. The molecule has 1 fully saturated rings. The Labute approximate surface area is 188 Å². The third-order valence-corrected chi connectivity index (χ3v) is 5.13. The van der Waals surface area contributed by atoms with E-state index < -0.39 is 10.0 Å². The first kappa shape index (κ1) is 23.8. The van der Waals surface area contributed by atoms with Crippen molar-refractivity contribution < 1.29 is 17.5 Å². The first-order valence-corrected chi connectivity index (χ1v) is 12.4. The number of aryl methyl sites for hydroxylation is 1. The quantitative estimate of drug-likeness (QED) is 0.597. The minimum atomic E-state index is -3.17. The molecular weight excluding hydrogens is 429 g/mol. The maximum Gasteiger partial charge on any atom is 0.206 e. The van der Waals surface area contributed by atoms with Crippen molar-refractivity contribution in [3.63, 3.8) is 0 Å². The van der Waals surface area contributed by atoms with E-state index in [4.69, 9.17) is 9.72 Å². The van der Waals surface area contributed by atoms with E-state index in [1.54, 1.807) is 6.07 Å². The molecule has 0 aliphatic heterocycles. The predicted molar refractivity (Wildman–Crippen MR) is 123 cm³/mol. The monoisotopic (exact) mass is 457 g/mol. The van der Waals surface area contributed by atoms with Gasteiger partial charge < -0.3 is 4.74 Å². The minimum Gasteiger partial charge on any atom is -0.487 e. The van der Waals surface area contributed by atoms with Gasteiger partial charge in [-0.1, -0.05) is 42.7 Å². The number of rotatable bonds is 5. The zero-order valence-corrected chi connectivity index (χ0v) is 19.1. The van der Waals surface area contributed by atoms with Crippen LogP contribution in [0.25, 0.3) is 11.1 Å². The van der Waals surface area contributed by atoms with Crippen LogP contribution in [0, 0.1) is 12.7 Å². The van der Waals surface area contributed by atoms with Gasteiger partial charge in [0.2, 0.25) is 10.0 Å². The number of benzene rings is 2. The van der Waals surface area contributed by atoms with Gasteiger partial charge in [-0.2, -0.15) is 0 Å². The summed E-state index contributed by atoms with van der Waals surface area (Å²) in [6, 6.07) is 14.6. The Morgan fingerprint density at radius 1 is 1.09 bits per heavy atom. The molecule has 0 radical (unpaired) electrons. The van der Waals surface area contributed by atoms with Crippen LogP contribution in [-0.2, 0) is 16.6 Å². The summed E-state index contributed by atoms with van der Waals surface area (Å²) in [6.07, 6.45) is 7.59. The molecule has 2 aromatic carbocycles. The normalized spacial score (nSPS) is 14.0. The second-order valence-electron chi connectivity index (χ2n) is 7.99. The highest BCUT2D eigenvalue weighted by atomic mass is 32.2. The van der Waals surface area contributed by atoms with Crippen molar-refractivity contribution in [3.05, 3.63) is 77.6 Å². The van der Waals surface area contributed by atoms with Crippen LogP contribution in [0.15, 0.2) is 54.7 Å². The molecule has 1 aliphatic carbocycles. The predicted octanol–water partition coefficient (Wildman–Crippen LogP) is 4.73. The van der Waals surface area contributed by atoms with Gasteiger partial charge >= 0.3 is 0 Å². The third kappa shape index (κ3) is 7.10. The summed E-state index contributed by atoms with van der Waals surface area (Å²) in [5.41, 5.74) is 3.17. The molecule has 170 valence electrons. The number of hydrogen-bond acceptors (Lipinski definition) is 5. The van der Waals surface area contributed by atoms with Gasteiger partial charge in [0.15, 0.2) is 0 Å². The average Bonchev–Trinajstić information content (AvgIpc) is 3.28. The Bertz CT molecular complexity index is 1150. The molecule has 0 amide bonds. The van der Waals surface area contributed by atoms with Crippen molar-refractivity contribution >= 4 is 10.0 Å². The molecule has 2 N–H and O–H groups in total. The summed E-state index contributed by atoms with van der Waals surface area (Å²) < 4.78 is 39.2. The number of primary sulfonamides is 1. The Balaban J connectivity index is 0.000000523. The number of sulfonamides is 1. The molecule has 3 aromatic rings. The van der Waals surface area contributed by atoms with Crippen molar-refractivity contribution in [2.24, 2.45) is 5.14 Å². The van der Waals surface area contributed by atoms with Gasteiger partial charge in [0.25, 0.3) is 0 Å². The maximum atomic E-state index is 14.3. The highest BCUT2D eigenvalue weighted by Crippen LogP contribution is 2.34. The van der Waals surface area contributed by atoms with E-state index in [2.05, 4.69) is 10.1 Å². The van der Waals surface area contributed by atoms with Crippen molar-refractivity contribution in [2.45, 2.75) is 45.1 Å². The molecular formula is C24H28FN3O3S. The summed E-state index contributed by atoms with van der Waals surface area (Å²) >= 11 is 0. The largest absolute Gasteiger partial charge is 0.487 e. The second kappa shape index (κ2) is 10.7. The van der Waals surface area contributed by atoms with Gasteiger partial charge in [-0.25, -0.2) is 27.9 Å². The zero-order chi connectivity index (χ0) is 23.1. The summed E-state index contributed by atoms with van der Waals surface area (Å²) in [4.78, 5) is 9.14. The van der Waals surface area contributed by atoms with Crippen LogP contribution in [0.2, 0.25) is 0 Å². The summed E-state index contributed by atoms with van der Waals surface area (Å²) in [6.45, 7) is 2.30. The molecule has 0 bridgehead atoms. The van der Waals surface area contributed by atoms with Crippen molar-refractivity contribution in [2.75, 3.05) is 6.26 Å². The molecule has 32 heavy (non-hydrogen) atoms. The van der Waals surface area contributed by atoms with Gasteiger partial charge in [0.05, 0.1) is 11.9 Å². The summed E-state index contributed by atoms with van der Waals surface area (Å²) in [5, 5.41) is 4.33. The smallest absolute Gasteiger partial charge is 0.206 e.